The Bertz CT molecular complexity index is 1270. The van der Waals surface area contributed by atoms with Crippen LogP contribution in [0.2, 0.25) is 0 Å². The standard InChI is InChI=1S/C24H24N2O4S/c1-30-21-15-17(10-11-18(21)16-5-2-6-16)24(12-13-24)23(27)26-31(28,29)22-9-3-8-20-19(22)7-4-14-25-20/h3-4,7-11,14-16H,2,5-6,12-13H2,1H3,(H,26,27). The first-order valence-electron chi connectivity index (χ1n) is 10.5. The lowest BCUT2D eigenvalue weighted by Gasteiger charge is -2.28. The maximum Gasteiger partial charge on any atom is 0.264 e. The average molecular weight is 437 g/mol. The predicted octanol–water partition coefficient (Wildman–Crippen LogP) is 4.05. The van der Waals surface area contributed by atoms with Gasteiger partial charge in [-0.05, 0) is 73.1 Å². The first-order valence-corrected chi connectivity index (χ1v) is 12.0. The lowest BCUT2D eigenvalue weighted by Crippen LogP contribution is -2.39. The first-order chi connectivity index (χ1) is 14.9. The van der Waals surface area contributed by atoms with E-state index in [1.165, 1.54) is 18.1 Å². The molecule has 2 fully saturated rings. The highest BCUT2D eigenvalue weighted by Gasteiger charge is 2.52. The molecule has 0 saturated heterocycles. The van der Waals surface area contributed by atoms with Gasteiger partial charge in [-0.3, -0.25) is 9.78 Å². The number of nitrogens with one attached hydrogen (secondary N) is 1. The SMILES string of the molecule is COc1cc(C2(C(=O)NS(=O)(=O)c3cccc4ncccc34)CC2)ccc1C1CCC1. The summed E-state index contributed by atoms with van der Waals surface area (Å²) in [6, 6.07) is 14.2. The van der Waals surface area contributed by atoms with Crippen molar-refractivity contribution < 1.29 is 17.9 Å². The third-order valence-corrected chi connectivity index (χ3v) is 8.03. The van der Waals surface area contributed by atoms with Gasteiger partial charge in [-0.15, -0.1) is 0 Å². The summed E-state index contributed by atoms with van der Waals surface area (Å²) in [5, 5.41) is 0.488. The fourth-order valence-electron chi connectivity index (χ4n) is 4.42. The molecule has 0 aliphatic heterocycles. The third-order valence-electron chi connectivity index (χ3n) is 6.64. The van der Waals surface area contributed by atoms with E-state index in [0.29, 0.717) is 29.7 Å². The second-order valence-corrected chi connectivity index (χ2v) is 10.1. The molecular weight excluding hydrogens is 412 g/mol. The van der Waals surface area contributed by atoms with Crippen molar-refractivity contribution in [2.45, 2.75) is 48.3 Å². The van der Waals surface area contributed by atoms with Crippen molar-refractivity contribution in [1.82, 2.24) is 9.71 Å². The van der Waals surface area contributed by atoms with Crippen LogP contribution in [-0.4, -0.2) is 26.4 Å². The van der Waals surface area contributed by atoms with E-state index in [9.17, 15) is 13.2 Å². The molecule has 1 aromatic heterocycles. The van der Waals surface area contributed by atoms with Crippen LogP contribution in [0.3, 0.4) is 0 Å². The number of sulfonamides is 1. The van der Waals surface area contributed by atoms with Gasteiger partial charge in [0.15, 0.2) is 0 Å². The molecule has 0 unspecified atom stereocenters. The fraction of sp³-hybridized carbons (Fsp3) is 0.333. The van der Waals surface area contributed by atoms with Gasteiger partial charge in [0.25, 0.3) is 10.0 Å². The average Bonchev–Trinajstić information content (AvgIpc) is 3.54. The van der Waals surface area contributed by atoms with Gasteiger partial charge >= 0.3 is 0 Å². The Kier molecular flexibility index (Phi) is 4.73. The van der Waals surface area contributed by atoms with Gasteiger partial charge in [0.2, 0.25) is 5.91 Å². The lowest BCUT2D eigenvalue weighted by molar-refractivity contribution is -0.121. The Morgan fingerprint density at radius 1 is 1.13 bits per heavy atom. The summed E-state index contributed by atoms with van der Waals surface area (Å²) in [6.07, 6.45) is 6.36. The number of nitrogens with zero attached hydrogens (tertiary/aromatic N) is 1. The minimum atomic E-state index is -4.04. The van der Waals surface area contributed by atoms with E-state index in [-0.39, 0.29) is 4.90 Å². The molecule has 160 valence electrons. The zero-order chi connectivity index (χ0) is 21.6. The van der Waals surface area contributed by atoms with Crippen LogP contribution in [0.15, 0.2) is 59.6 Å². The van der Waals surface area contributed by atoms with Gasteiger partial charge in [0.1, 0.15) is 5.75 Å². The number of benzene rings is 2. The van der Waals surface area contributed by atoms with Crippen molar-refractivity contribution in [1.29, 1.82) is 0 Å². The summed E-state index contributed by atoms with van der Waals surface area (Å²) in [5.74, 6) is 0.796. The van der Waals surface area contributed by atoms with E-state index in [2.05, 4.69) is 9.71 Å². The van der Waals surface area contributed by atoms with Gasteiger partial charge in [0, 0.05) is 11.6 Å². The van der Waals surface area contributed by atoms with Crippen molar-refractivity contribution in [3.05, 3.63) is 65.9 Å². The van der Waals surface area contributed by atoms with E-state index in [1.807, 2.05) is 18.2 Å². The van der Waals surface area contributed by atoms with Crippen molar-refractivity contribution >= 4 is 26.8 Å². The van der Waals surface area contributed by atoms with Crippen LogP contribution < -0.4 is 9.46 Å². The molecule has 31 heavy (non-hydrogen) atoms. The molecular formula is C24H24N2O4S. The second kappa shape index (κ2) is 7.34. The van der Waals surface area contributed by atoms with Gasteiger partial charge in [-0.1, -0.05) is 24.6 Å². The highest BCUT2D eigenvalue weighted by Crippen LogP contribution is 2.51. The summed E-state index contributed by atoms with van der Waals surface area (Å²) in [4.78, 5) is 17.5. The van der Waals surface area contributed by atoms with Crippen molar-refractivity contribution in [3.8, 4) is 5.75 Å². The molecule has 1 heterocycles. The van der Waals surface area contributed by atoms with E-state index in [4.69, 9.17) is 4.74 Å². The smallest absolute Gasteiger partial charge is 0.264 e. The van der Waals surface area contributed by atoms with Crippen molar-refractivity contribution in [2.24, 2.45) is 0 Å². The minimum absolute atomic E-state index is 0.0557. The summed E-state index contributed by atoms with van der Waals surface area (Å²) in [5.41, 5.74) is 1.71. The molecule has 0 radical (unpaired) electrons. The van der Waals surface area contributed by atoms with Crippen LogP contribution in [-0.2, 0) is 20.2 Å². The highest BCUT2D eigenvalue weighted by molar-refractivity contribution is 7.90. The maximum atomic E-state index is 13.2. The zero-order valence-corrected chi connectivity index (χ0v) is 18.1. The summed E-state index contributed by atoms with van der Waals surface area (Å²) >= 11 is 0. The van der Waals surface area contributed by atoms with Crippen LogP contribution >= 0.6 is 0 Å². The Morgan fingerprint density at radius 3 is 2.61 bits per heavy atom. The molecule has 6 nitrogen and oxygen atoms in total. The first kappa shape index (κ1) is 20.0. The molecule has 0 bridgehead atoms. The number of aromatic nitrogens is 1. The van der Waals surface area contributed by atoms with Gasteiger partial charge in [-0.2, -0.15) is 0 Å². The predicted molar refractivity (Wildman–Crippen MR) is 118 cm³/mol. The van der Waals surface area contributed by atoms with E-state index in [1.54, 1.807) is 37.6 Å². The molecule has 2 aliphatic rings. The summed E-state index contributed by atoms with van der Waals surface area (Å²) < 4.78 is 34.1. The molecule has 0 atom stereocenters. The Labute approximate surface area is 181 Å². The number of carbonyl (C=O) groups excluding carboxylic acids is 1. The highest BCUT2D eigenvalue weighted by atomic mass is 32.2. The maximum absolute atomic E-state index is 13.2. The Hall–Kier alpha value is -2.93. The third kappa shape index (κ3) is 3.37. The van der Waals surface area contributed by atoms with Crippen LogP contribution in [0.5, 0.6) is 5.75 Å². The van der Waals surface area contributed by atoms with Crippen LogP contribution in [0.4, 0.5) is 0 Å². The normalized spacial score (nSPS) is 17.7. The van der Waals surface area contributed by atoms with Gasteiger partial charge < -0.3 is 4.74 Å². The molecule has 2 aliphatic carbocycles. The number of methoxy groups -OCH3 is 1. The molecule has 0 spiro atoms. The second-order valence-electron chi connectivity index (χ2n) is 8.43. The molecule has 7 heteroatoms. The zero-order valence-electron chi connectivity index (χ0n) is 17.3. The van der Waals surface area contributed by atoms with Gasteiger partial charge in [-0.25, -0.2) is 13.1 Å². The number of ether oxygens (including phenoxy) is 1. The Balaban J connectivity index is 1.45. The number of carbonyl (C=O) groups is 1. The number of rotatable bonds is 6. The minimum Gasteiger partial charge on any atom is -0.496 e. The van der Waals surface area contributed by atoms with Crippen LogP contribution in [0.1, 0.15) is 49.1 Å². The number of hydrogen-bond donors (Lipinski definition) is 1. The monoisotopic (exact) mass is 436 g/mol. The van der Waals surface area contributed by atoms with E-state index in [0.717, 1.165) is 24.2 Å². The molecule has 2 saturated carbocycles. The van der Waals surface area contributed by atoms with E-state index < -0.39 is 21.3 Å². The quantitative estimate of drug-likeness (QED) is 0.630. The van der Waals surface area contributed by atoms with Gasteiger partial charge in [0.05, 0.1) is 22.9 Å². The molecule has 3 aromatic rings. The number of pyridine rings is 1. The Morgan fingerprint density at radius 2 is 1.94 bits per heavy atom. The van der Waals surface area contributed by atoms with Crippen molar-refractivity contribution in [2.75, 3.05) is 7.11 Å². The van der Waals surface area contributed by atoms with Crippen LogP contribution in [0.25, 0.3) is 10.9 Å². The number of fused-ring (bicyclic) bond motifs is 1. The topological polar surface area (TPSA) is 85.4 Å². The molecule has 2 aromatic carbocycles. The number of hydrogen-bond acceptors (Lipinski definition) is 5. The molecule has 1 amide bonds. The van der Waals surface area contributed by atoms with E-state index >= 15 is 0 Å². The molecule has 1 N–H and O–H groups in total. The fourth-order valence-corrected chi connectivity index (χ4v) is 5.69. The molecule has 5 rings (SSSR count). The van der Waals surface area contributed by atoms with Crippen molar-refractivity contribution in [3.63, 3.8) is 0 Å². The summed E-state index contributed by atoms with van der Waals surface area (Å²) in [6.45, 7) is 0. The van der Waals surface area contributed by atoms with Crippen LogP contribution in [0, 0.1) is 0 Å². The summed E-state index contributed by atoms with van der Waals surface area (Å²) in [7, 11) is -2.40. The lowest BCUT2D eigenvalue weighted by atomic mass is 9.79. The number of amides is 1. The largest absolute Gasteiger partial charge is 0.496 e.